The Hall–Kier alpha value is -1.31. The molecule has 0 saturated carbocycles. The average Bonchev–Trinajstić information content (AvgIpc) is 2.30. The summed E-state index contributed by atoms with van der Waals surface area (Å²) < 4.78 is 0. The van der Waals surface area contributed by atoms with E-state index in [0.29, 0.717) is 6.42 Å². The highest BCUT2D eigenvalue weighted by Crippen LogP contribution is 2.38. The van der Waals surface area contributed by atoms with Crippen molar-refractivity contribution < 1.29 is 9.90 Å². The Balaban J connectivity index is 2.34. The number of aryl methyl sites for hydroxylation is 1. The summed E-state index contributed by atoms with van der Waals surface area (Å²) in [5.41, 5.74) is 2.61. The molecule has 16 heavy (non-hydrogen) atoms. The lowest BCUT2D eigenvalue weighted by Crippen LogP contribution is -2.24. The van der Waals surface area contributed by atoms with Crippen molar-refractivity contribution in [1.29, 1.82) is 0 Å². The SMILES string of the molecule is CCC(C(=O)O)C1CCCc2ccccc21. The summed E-state index contributed by atoms with van der Waals surface area (Å²) in [6.07, 6.45) is 3.95. The van der Waals surface area contributed by atoms with Crippen LogP contribution in [0.1, 0.15) is 43.2 Å². The van der Waals surface area contributed by atoms with Crippen LogP contribution in [0.4, 0.5) is 0 Å². The third-order valence-corrected chi connectivity index (χ3v) is 3.66. The molecule has 1 N–H and O–H groups in total. The molecular weight excluding hydrogens is 200 g/mol. The topological polar surface area (TPSA) is 37.3 Å². The minimum atomic E-state index is -0.649. The van der Waals surface area contributed by atoms with Gasteiger partial charge in [-0.1, -0.05) is 31.2 Å². The Morgan fingerprint density at radius 3 is 2.94 bits per heavy atom. The minimum absolute atomic E-state index is 0.215. The smallest absolute Gasteiger partial charge is 0.307 e. The number of hydrogen-bond acceptors (Lipinski definition) is 1. The number of hydrogen-bond donors (Lipinski definition) is 1. The van der Waals surface area contributed by atoms with Crippen molar-refractivity contribution >= 4 is 5.97 Å². The molecule has 86 valence electrons. The van der Waals surface area contributed by atoms with Crippen LogP contribution in [0.25, 0.3) is 0 Å². The summed E-state index contributed by atoms with van der Waals surface area (Å²) in [5, 5.41) is 9.25. The van der Waals surface area contributed by atoms with Gasteiger partial charge in [-0.3, -0.25) is 4.79 Å². The Kier molecular flexibility index (Phi) is 3.28. The van der Waals surface area contributed by atoms with Crippen LogP contribution < -0.4 is 0 Å². The minimum Gasteiger partial charge on any atom is -0.481 e. The monoisotopic (exact) mass is 218 g/mol. The fourth-order valence-electron chi connectivity index (χ4n) is 2.84. The van der Waals surface area contributed by atoms with E-state index in [1.807, 2.05) is 19.1 Å². The fraction of sp³-hybridized carbons (Fsp3) is 0.500. The normalized spacial score (nSPS) is 21.2. The van der Waals surface area contributed by atoms with Crippen LogP contribution >= 0.6 is 0 Å². The Morgan fingerprint density at radius 1 is 1.50 bits per heavy atom. The first-order chi connectivity index (χ1) is 7.74. The highest BCUT2D eigenvalue weighted by atomic mass is 16.4. The first kappa shape index (κ1) is 11.2. The van der Waals surface area contributed by atoms with Crippen molar-refractivity contribution in [2.45, 2.75) is 38.5 Å². The van der Waals surface area contributed by atoms with Crippen molar-refractivity contribution in [2.75, 3.05) is 0 Å². The van der Waals surface area contributed by atoms with Crippen molar-refractivity contribution in [3.05, 3.63) is 35.4 Å². The van der Waals surface area contributed by atoms with E-state index in [0.717, 1.165) is 19.3 Å². The van der Waals surface area contributed by atoms with E-state index in [9.17, 15) is 9.90 Å². The Morgan fingerprint density at radius 2 is 2.25 bits per heavy atom. The van der Waals surface area contributed by atoms with Gasteiger partial charge in [-0.15, -0.1) is 0 Å². The second-order valence-corrected chi connectivity index (χ2v) is 4.55. The first-order valence-electron chi connectivity index (χ1n) is 6.04. The van der Waals surface area contributed by atoms with Crippen LogP contribution in [0.3, 0.4) is 0 Å². The molecule has 0 aromatic heterocycles. The molecule has 2 unspecified atom stereocenters. The van der Waals surface area contributed by atoms with E-state index in [4.69, 9.17) is 0 Å². The predicted octanol–water partition coefficient (Wildman–Crippen LogP) is 3.22. The molecule has 2 nitrogen and oxygen atoms in total. The molecule has 0 bridgehead atoms. The van der Waals surface area contributed by atoms with Gasteiger partial charge in [0.25, 0.3) is 0 Å². The maximum Gasteiger partial charge on any atom is 0.307 e. The quantitative estimate of drug-likeness (QED) is 0.845. The zero-order valence-electron chi connectivity index (χ0n) is 9.65. The van der Waals surface area contributed by atoms with Crippen molar-refractivity contribution in [2.24, 2.45) is 5.92 Å². The molecule has 0 fully saturated rings. The van der Waals surface area contributed by atoms with E-state index in [-0.39, 0.29) is 11.8 Å². The molecule has 2 heteroatoms. The molecule has 0 saturated heterocycles. The van der Waals surface area contributed by atoms with Crippen molar-refractivity contribution in [1.82, 2.24) is 0 Å². The summed E-state index contributed by atoms with van der Waals surface area (Å²) in [5.74, 6) is -0.655. The second kappa shape index (κ2) is 4.69. The molecule has 1 aliphatic rings. The summed E-state index contributed by atoms with van der Waals surface area (Å²) in [6, 6.07) is 8.30. The average molecular weight is 218 g/mol. The summed E-state index contributed by atoms with van der Waals surface area (Å²) >= 11 is 0. The van der Waals surface area contributed by atoms with Gasteiger partial charge in [-0.25, -0.2) is 0 Å². The van der Waals surface area contributed by atoms with Crippen LogP contribution in [0, 0.1) is 5.92 Å². The third kappa shape index (κ3) is 1.97. The number of aliphatic carboxylic acids is 1. The van der Waals surface area contributed by atoms with Crippen LogP contribution in [-0.2, 0) is 11.2 Å². The Labute approximate surface area is 96.3 Å². The largest absolute Gasteiger partial charge is 0.481 e. The molecule has 2 atom stereocenters. The maximum absolute atomic E-state index is 11.2. The van der Waals surface area contributed by atoms with Crippen LogP contribution in [0.2, 0.25) is 0 Å². The molecule has 0 heterocycles. The number of carbonyl (C=O) groups is 1. The summed E-state index contributed by atoms with van der Waals surface area (Å²) in [4.78, 5) is 11.2. The van der Waals surface area contributed by atoms with Gasteiger partial charge in [0.05, 0.1) is 5.92 Å². The summed E-state index contributed by atoms with van der Waals surface area (Å²) in [7, 11) is 0. The van der Waals surface area contributed by atoms with Crippen molar-refractivity contribution in [3.63, 3.8) is 0 Å². The van der Waals surface area contributed by atoms with Crippen LogP contribution in [0.15, 0.2) is 24.3 Å². The van der Waals surface area contributed by atoms with Gasteiger partial charge in [0.1, 0.15) is 0 Å². The highest BCUT2D eigenvalue weighted by molar-refractivity contribution is 5.71. The molecule has 0 amide bonds. The zero-order chi connectivity index (χ0) is 11.5. The lowest BCUT2D eigenvalue weighted by molar-refractivity contribution is -0.142. The van der Waals surface area contributed by atoms with E-state index in [2.05, 4.69) is 12.1 Å². The molecule has 2 rings (SSSR count). The standard InChI is InChI=1S/C14H18O2/c1-2-11(14(15)16)13-9-5-7-10-6-3-4-8-12(10)13/h3-4,6,8,11,13H,2,5,7,9H2,1H3,(H,15,16). The van der Waals surface area contributed by atoms with E-state index in [1.54, 1.807) is 0 Å². The van der Waals surface area contributed by atoms with Crippen LogP contribution in [-0.4, -0.2) is 11.1 Å². The van der Waals surface area contributed by atoms with E-state index >= 15 is 0 Å². The first-order valence-corrected chi connectivity index (χ1v) is 6.04. The van der Waals surface area contributed by atoms with Gasteiger partial charge in [0.15, 0.2) is 0 Å². The van der Waals surface area contributed by atoms with Gasteiger partial charge < -0.3 is 5.11 Å². The van der Waals surface area contributed by atoms with Gasteiger partial charge in [-0.2, -0.15) is 0 Å². The third-order valence-electron chi connectivity index (χ3n) is 3.66. The molecule has 0 radical (unpaired) electrons. The lowest BCUT2D eigenvalue weighted by atomic mass is 9.75. The lowest BCUT2D eigenvalue weighted by Gasteiger charge is -2.29. The Bertz CT molecular complexity index is 384. The van der Waals surface area contributed by atoms with E-state index in [1.165, 1.54) is 11.1 Å². The fourth-order valence-corrected chi connectivity index (χ4v) is 2.84. The maximum atomic E-state index is 11.2. The predicted molar refractivity (Wildman–Crippen MR) is 63.5 cm³/mol. The van der Waals surface area contributed by atoms with Gasteiger partial charge in [0, 0.05) is 0 Å². The van der Waals surface area contributed by atoms with Crippen molar-refractivity contribution in [3.8, 4) is 0 Å². The number of carboxylic acids is 1. The molecule has 1 aliphatic carbocycles. The molecular formula is C14H18O2. The molecule has 1 aromatic rings. The number of fused-ring (bicyclic) bond motifs is 1. The second-order valence-electron chi connectivity index (χ2n) is 4.55. The molecule has 0 aliphatic heterocycles. The molecule has 0 spiro atoms. The van der Waals surface area contributed by atoms with E-state index < -0.39 is 5.97 Å². The molecule has 1 aromatic carbocycles. The van der Waals surface area contributed by atoms with Gasteiger partial charge >= 0.3 is 5.97 Å². The summed E-state index contributed by atoms with van der Waals surface area (Å²) in [6.45, 7) is 1.97. The van der Waals surface area contributed by atoms with Gasteiger partial charge in [0.2, 0.25) is 0 Å². The van der Waals surface area contributed by atoms with Gasteiger partial charge in [-0.05, 0) is 42.7 Å². The number of benzene rings is 1. The zero-order valence-corrected chi connectivity index (χ0v) is 9.65. The van der Waals surface area contributed by atoms with Crippen LogP contribution in [0.5, 0.6) is 0 Å². The number of carboxylic acid groups (broad SMARTS) is 1. The highest BCUT2D eigenvalue weighted by Gasteiger charge is 2.30. The number of rotatable bonds is 3.